The predicted octanol–water partition coefficient (Wildman–Crippen LogP) is 1.58. The van der Waals surface area contributed by atoms with Crippen molar-refractivity contribution in [1.29, 1.82) is 0 Å². The minimum Gasteiger partial charge on any atom is -0.323 e. The van der Waals surface area contributed by atoms with E-state index in [4.69, 9.17) is 0 Å². The molecule has 0 radical (unpaired) electrons. The Hall–Kier alpha value is -1.56. The molecule has 2 rings (SSSR count). The van der Waals surface area contributed by atoms with Crippen molar-refractivity contribution >= 4 is 11.7 Å². The number of anilines is 1. The molecule has 106 valence electrons. The van der Waals surface area contributed by atoms with Crippen LogP contribution in [-0.4, -0.2) is 58.8 Å². The molecule has 0 spiro atoms. The highest BCUT2D eigenvalue weighted by Crippen LogP contribution is 2.19. The van der Waals surface area contributed by atoms with Crippen LogP contribution in [0.2, 0.25) is 0 Å². The third-order valence-electron chi connectivity index (χ3n) is 3.93. The van der Waals surface area contributed by atoms with Crippen LogP contribution in [0.3, 0.4) is 0 Å². The second-order valence-corrected chi connectivity index (χ2v) is 5.20. The lowest BCUT2D eigenvalue weighted by molar-refractivity contribution is 0.212. The molecule has 19 heavy (non-hydrogen) atoms. The van der Waals surface area contributed by atoms with Gasteiger partial charge in [-0.3, -0.25) is 5.10 Å². The van der Waals surface area contributed by atoms with E-state index in [-0.39, 0.29) is 6.03 Å². The zero-order chi connectivity index (χ0) is 14.0. The van der Waals surface area contributed by atoms with Crippen molar-refractivity contribution in [3.8, 4) is 0 Å². The number of rotatable bonds is 3. The van der Waals surface area contributed by atoms with Crippen molar-refractivity contribution in [1.82, 2.24) is 20.0 Å². The fourth-order valence-electron chi connectivity index (χ4n) is 2.47. The predicted molar refractivity (Wildman–Crippen MR) is 75.4 cm³/mol. The number of aromatic amines is 1. The summed E-state index contributed by atoms with van der Waals surface area (Å²) in [4.78, 5) is 16.4. The first-order chi connectivity index (χ1) is 9.02. The van der Waals surface area contributed by atoms with Gasteiger partial charge in [0.25, 0.3) is 0 Å². The molecule has 1 aromatic rings. The van der Waals surface area contributed by atoms with Gasteiger partial charge in [0.2, 0.25) is 0 Å². The number of nitrogens with one attached hydrogen (secondary N) is 2. The highest BCUT2D eigenvalue weighted by atomic mass is 16.2. The number of hydrogen-bond donors (Lipinski definition) is 2. The Labute approximate surface area is 114 Å². The van der Waals surface area contributed by atoms with Crippen molar-refractivity contribution in [2.75, 3.05) is 32.0 Å². The molecular formula is C13H23N5O. The summed E-state index contributed by atoms with van der Waals surface area (Å²) in [5, 5.41) is 9.92. The Morgan fingerprint density at radius 1 is 1.58 bits per heavy atom. The number of aromatic nitrogens is 2. The summed E-state index contributed by atoms with van der Waals surface area (Å²) in [5.74, 6) is 0. The van der Waals surface area contributed by atoms with Crippen LogP contribution in [0.5, 0.6) is 0 Å². The number of urea groups is 1. The third kappa shape index (κ3) is 2.89. The normalized spacial score (nSPS) is 19.2. The number of carbonyl (C=O) groups excluding carboxylic acids is 1. The number of nitrogens with zero attached hydrogens (tertiary/aromatic N) is 3. The Kier molecular flexibility index (Phi) is 4.09. The molecule has 0 bridgehead atoms. The summed E-state index contributed by atoms with van der Waals surface area (Å²) in [7, 11) is 2.11. The second-order valence-electron chi connectivity index (χ2n) is 5.20. The molecule has 2 amide bonds. The molecule has 0 aliphatic carbocycles. The fourth-order valence-corrected chi connectivity index (χ4v) is 2.47. The number of hydrogen-bond acceptors (Lipinski definition) is 3. The van der Waals surface area contributed by atoms with E-state index in [1.165, 1.54) is 0 Å². The van der Waals surface area contributed by atoms with E-state index in [0.717, 1.165) is 43.1 Å². The monoisotopic (exact) mass is 265 g/mol. The largest absolute Gasteiger partial charge is 0.323 e. The van der Waals surface area contributed by atoms with Crippen LogP contribution in [-0.2, 0) is 0 Å². The number of H-pyrrole nitrogens is 1. The number of likely N-dealkylation sites (N-methyl/N-ethyl adjacent to an activating group) is 1. The maximum atomic E-state index is 12.2. The molecule has 2 N–H and O–H groups in total. The van der Waals surface area contributed by atoms with Gasteiger partial charge in [-0.2, -0.15) is 5.10 Å². The maximum Gasteiger partial charge on any atom is 0.322 e. The van der Waals surface area contributed by atoms with Crippen LogP contribution in [0.1, 0.15) is 24.7 Å². The molecule has 1 saturated heterocycles. The van der Waals surface area contributed by atoms with Crippen LogP contribution in [0.15, 0.2) is 0 Å². The first-order valence-electron chi connectivity index (χ1n) is 6.80. The van der Waals surface area contributed by atoms with E-state index in [2.05, 4.69) is 34.4 Å². The number of amides is 2. The van der Waals surface area contributed by atoms with Gasteiger partial charge in [0.1, 0.15) is 0 Å². The smallest absolute Gasteiger partial charge is 0.322 e. The van der Waals surface area contributed by atoms with Gasteiger partial charge in [-0.1, -0.05) is 6.92 Å². The van der Waals surface area contributed by atoms with Gasteiger partial charge in [-0.25, -0.2) is 4.79 Å². The van der Waals surface area contributed by atoms with Crippen molar-refractivity contribution < 1.29 is 4.79 Å². The van der Waals surface area contributed by atoms with Gasteiger partial charge in [0.05, 0.1) is 17.1 Å². The highest BCUT2D eigenvalue weighted by Gasteiger charge is 2.28. The molecule has 6 nitrogen and oxygen atoms in total. The molecule has 1 aromatic heterocycles. The van der Waals surface area contributed by atoms with Crippen molar-refractivity contribution in [2.24, 2.45) is 0 Å². The third-order valence-corrected chi connectivity index (χ3v) is 3.93. The van der Waals surface area contributed by atoms with Gasteiger partial charge in [-0.05, 0) is 33.9 Å². The Morgan fingerprint density at radius 2 is 2.32 bits per heavy atom. The zero-order valence-electron chi connectivity index (χ0n) is 12.2. The molecule has 1 unspecified atom stereocenters. The van der Waals surface area contributed by atoms with E-state index in [1.54, 1.807) is 0 Å². The van der Waals surface area contributed by atoms with Crippen LogP contribution < -0.4 is 5.32 Å². The van der Waals surface area contributed by atoms with Gasteiger partial charge in [0, 0.05) is 19.1 Å². The van der Waals surface area contributed by atoms with Crippen molar-refractivity contribution in [3.05, 3.63) is 11.4 Å². The van der Waals surface area contributed by atoms with E-state index in [1.807, 2.05) is 18.7 Å². The van der Waals surface area contributed by atoms with Crippen LogP contribution in [0, 0.1) is 13.8 Å². The molecule has 2 heterocycles. The number of likely N-dealkylation sites (tertiary alicyclic amines) is 1. The molecule has 6 heteroatoms. The average Bonchev–Trinajstić information content (AvgIpc) is 3.00. The van der Waals surface area contributed by atoms with Gasteiger partial charge < -0.3 is 15.1 Å². The maximum absolute atomic E-state index is 12.2. The van der Waals surface area contributed by atoms with Crippen LogP contribution in [0.25, 0.3) is 0 Å². The van der Waals surface area contributed by atoms with Gasteiger partial charge in [-0.15, -0.1) is 0 Å². The average molecular weight is 265 g/mol. The summed E-state index contributed by atoms with van der Waals surface area (Å²) in [6, 6.07) is 0.446. The second kappa shape index (κ2) is 5.61. The van der Waals surface area contributed by atoms with E-state index < -0.39 is 0 Å². The summed E-state index contributed by atoms with van der Waals surface area (Å²) < 4.78 is 0. The Morgan fingerprint density at radius 3 is 2.89 bits per heavy atom. The Bertz CT molecular complexity index is 436. The summed E-state index contributed by atoms with van der Waals surface area (Å²) in [5.41, 5.74) is 2.52. The summed E-state index contributed by atoms with van der Waals surface area (Å²) in [6.45, 7) is 8.56. The van der Waals surface area contributed by atoms with Crippen molar-refractivity contribution in [3.63, 3.8) is 0 Å². The van der Waals surface area contributed by atoms with Crippen LogP contribution in [0.4, 0.5) is 10.5 Å². The molecule has 1 aliphatic heterocycles. The molecule has 1 atom stereocenters. The quantitative estimate of drug-likeness (QED) is 0.872. The molecule has 1 fully saturated rings. The lowest BCUT2D eigenvalue weighted by Gasteiger charge is -2.23. The minimum atomic E-state index is -0.0281. The van der Waals surface area contributed by atoms with Crippen molar-refractivity contribution in [2.45, 2.75) is 33.2 Å². The SMILES string of the molecule is CCN(C)C1CCN(C(=O)Nc2c(C)n[nH]c2C)C1. The highest BCUT2D eigenvalue weighted by molar-refractivity contribution is 5.90. The molecule has 1 aliphatic rings. The van der Waals surface area contributed by atoms with E-state index in [0.29, 0.717) is 6.04 Å². The Balaban J connectivity index is 1.95. The molecule has 0 aromatic carbocycles. The van der Waals surface area contributed by atoms with Gasteiger partial charge >= 0.3 is 6.03 Å². The number of aryl methyl sites for hydroxylation is 2. The molecular weight excluding hydrogens is 242 g/mol. The topological polar surface area (TPSA) is 64.3 Å². The lowest BCUT2D eigenvalue weighted by Crippen LogP contribution is -2.38. The summed E-state index contributed by atoms with van der Waals surface area (Å²) >= 11 is 0. The zero-order valence-corrected chi connectivity index (χ0v) is 12.2. The standard InChI is InChI=1S/C13H23N5O/c1-5-17(4)11-6-7-18(8-11)13(19)14-12-9(2)15-16-10(12)3/h11H,5-8H2,1-4H3,(H,14,19)(H,15,16). The lowest BCUT2D eigenvalue weighted by atomic mass is 10.2. The number of carbonyl (C=O) groups is 1. The van der Waals surface area contributed by atoms with E-state index in [9.17, 15) is 4.79 Å². The van der Waals surface area contributed by atoms with Crippen LogP contribution >= 0.6 is 0 Å². The fraction of sp³-hybridized carbons (Fsp3) is 0.692. The van der Waals surface area contributed by atoms with Gasteiger partial charge in [0.15, 0.2) is 0 Å². The minimum absolute atomic E-state index is 0.0281. The van der Waals surface area contributed by atoms with E-state index >= 15 is 0 Å². The first-order valence-corrected chi connectivity index (χ1v) is 6.80. The first kappa shape index (κ1) is 13.9. The summed E-state index contributed by atoms with van der Waals surface area (Å²) in [6.07, 6.45) is 1.04. The molecule has 0 saturated carbocycles.